The molecule has 0 unspecified atom stereocenters. The molecule has 0 fully saturated rings. The fourth-order valence-corrected chi connectivity index (χ4v) is 4.46. The molecule has 0 bridgehead atoms. The number of carbonyl (C=O) groups excluding carboxylic acids is 2. The van der Waals surface area contributed by atoms with Gasteiger partial charge in [0.2, 0.25) is 0 Å². The Balaban J connectivity index is 3.57. The lowest BCUT2D eigenvalue weighted by atomic mass is 10.1. The Bertz CT molecular complexity index is 598. The van der Waals surface area contributed by atoms with Gasteiger partial charge in [0, 0.05) is 12.8 Å². The maximum Gasteiger partial charge on any atom is 0.306 e. The largest absolute Gasteiger partial charge is 0.462 e. The zero-order chi connectivity index (χ0) is 28.7. The van der Waals surface area contributed by atoms with E-state index >= 15 is 0 Å². The number of allylic oxidation sites excluding steroid dienone is 4. The summed E-state index contributed by atoms with van der Waals surface area (Å²) >= 11 is 0. The van der Waals surface area contributed by atoms with Crippen molar-refractivity contribution in [3.05, 3.63) is 24.3 Å². The van der Waals surface area contributed by atoms with Crippen LogP contribution in [-0.4, -0.2) is 36.4 Å². The third-order valence-corrected chi connectivity index (χ3v) is 7.00. The van der Waals surface area contributed by atoms with E-state index < -0.39 is 6.10 Å². The fourth-order valence-electron chi connectivity index (χ4n) is 4.46. The van der Waals surface area contributed by atoms with E-state index in [2.05, 4.69) is 38.2 Å². The molecule has 0 aromatic rings. The predicted octanol–water partition coefficient (Wildman–Crippen LogP) is 9.56. The van der Waals surface area contributed by atoms with Gasteiger partial charge in [0.1, 0.15) is 6.61 Å². The molecule has 0 saturated carbocycles. The Hall–Kier alpha value is -1.62. The van der Waals surface area contributed by atoms with Crippen molar-refractivity contribution < 1.29 is 24.2 Å². The number of hydrogen-bond acceptors (Lipinski definition) is 5. The summed E-state index contributed by atoms with van der Waals surface area (Å²) in [6.45, 7) is 4.06. The monoisotopic (exact) mass is 550 g/mol. The maximum atomic E-state index is 12.0. The van der Waals surface area contributed by atoms with Gasteiger partial charge in [-0.1, -0.05) is 128 Å². The van der Waals surface area contributed by atoms with Crippen molar-refractivity contribution in [2.24, 2.45) is 0 Å². The number of aliphatic hydroxyl groups excluding tert-OH is 1. The molecule has 5 nitrogen and oxygen atoms in total. The van der Waals surface area contributed by atoms with Crippen molar-refractivity contribution in [3.8, 4) is 0 Å². The second-order valence-electron chi connectivity index (χ2n) is 10.9. The van der Waals surface area contributed by atoms with E-state index in [9.17, 15) is 14.7 Å². The minimum atomic E-state index is -0.766. The summed E-state index contributed by atoms with van der Waals surface area (Å²) in [5.74, 6) is -0.604. The van der Waals surface area contributed by atoms with Crippen LogP contribution < -0.4 is 0 Å². The third kappa shape index (κ3) is 29.2. The molecule has 0 saturated heterocycles. The number of ether oxygens (including phenoxy) is 2. The standard InChI is InChI=1S/C34H62O5/c1-3-5-7-9-11-13-14-15-16-17-18-19-20-21-23-24-26-28-33(36)38-31-32(30-35)39-34(37)29-27-25-22-12-10-8-6-4-2/h11,13,15-16,32,35H,3-10,12,14,17-31H2,1-2H3/b13-11+,16-15+/t32-/m0/s1. The van der Waals surface area contributed by atoms with E-state index in [4.69, 9.17) is 9.47 Å². The topological polar surface area (TPSA) is 72.8 Å². The molecule has 0 rings (SSSR count). The average Bonchev–Trinajstić information content (AvgIpc) is 2.94. The summed E-state index contributed by atoms with van der Waals surface area (Å²) in [6, 6.07) is 0. The van der Waals surface area contributed by atoms with Gasteiger partial charge in [-0.2, -0.15) is 0 Å². The number of carbonyl (C=O) groups is 2. The average molecular weight is 551 g/mol. The maximum absolute atomic E-state index is 12.0. The van der Waals surface area contributed by atoms with Crippen molar-refractivity contribution in [1.29, 1.82) is 0 Å². The number of aliphatic hydroxyl groups is 1. The van der Waals surface area contributed by atoms with Crippen molar-refractivity contribution >= 4 is 11.9 Å². The highest BCUT2D eigenvalue weighted by Gasteiger charge is 2.16. The first kappa shape index (κ1) is 37.4. The summed E-state index contributed by atoms with van der Waals surface area (Å²) in [5.41, 5.74) is 0. The van der Waals surface area contributed by atoms with Gasteiger partial charge in [-0.3, -0.25) is 9.59 Å². The second-order valence-corrected chi connectivity index (χ2v) is 10.9. The molecular formula is C34H62O5. The van der Waals surface area contributed by atoms with Gasteiger partial charge in [-0.05, 0) is 44.9 Å². The molecule has 39 heavy (non-hydrogen) atoms. The molecule has 0 aliphatic rings. The van der Waals surface area contributed by atoms with Crippen LogP contribution in [0.2, 0.25) is 0 Å². The lowest BCUT2D eigenvalue weighted by Gasteiger charge is -2.15. The first-order valence-electron chi connectivity index (χ1n) is 16.4. The highest BCUT2D eigenvalue weighted by molar-refractivity contribution is 5.70. The second kappa shape index (κ2) is 30.9. The van der Waals surface area contributed by atoms with Crippen LogP contribution in [0.3, 0.4) is 0 Å². The van der Waals surface area contributed by atoms with Crippen molar-refractivity contribution in [3.63, 3.8) is 0 Å². The van der Waals surface area contributed by atoms with Crippen LogP contribution in [-0.2, 0) is 19.1 Å². The number of rotatable bonds is 29. The van der Waals surface area contributed by atoms with Crippen LogP contribution in [0.25, 0.3) is 0 Å². The number of esters is 2. The molecule has 0 aliphatic heterocycles. The summed E-state index contributed by atoms with van der Waals surface area (Å²) in [4.78, 5) is 24.0. The Morgan fingerprint density at radius 3 is 1.56 bits per heavy atom. The lowest BCUT2D eigenvalue weighted by molar-refractivity contribution is -0.161. The first-order valence-corrected chi connectivity index (χ1v) is 16.4. The highest BCUT2D eigenvalue weighted by atomic mass is 16.6. The molecule has 1 N–H and O–H groups in total. The van der Waals surface area contributed by atoms with Crippen molar-refractivity contribution in [2.75, 3.05) is 13.2 Å². The number of unbranched alkanes of at least 4 members (excludes halogenated alkanes) is 17. The van der Waals surface area contributed by atoms with Crippen molar-refractivity contribution in [2.45, 2.75) is 168 Å². The van der Waals surface area contributed by atoms with Crippen LogP contribution in [0.5, 0.6) is 0 Å². The van der Waals surface area contributed by atoms with Crippen LogP contribution in [0.15, 0.2) is 24.3 Å². The lowest BCUT2D eigenvalue weighted by Crippen LogP contribution is -2.28. The zero-order valence-electron chi connectivity index (χ0n) is 25.6. The quantitative estimate of drug-likeness (QED) is 0.0570. The molecule has 228 valence electrons. The number of hydrogen-bond donors (Lipinski definition) is 1. The Labute approximate surface area is 241 Å². The van der Waals surface area contributed by atoms with Crippen molar-refractivity contribution in [1.82, 2.24) is 0 Å². The molecule has 5 heteroatoms. The fraction of sp³-hybridized carbons (Fsp3) is 0.824. The van der Waals surface area contributed by atoms with E-state index in [1.165, 1.54) is 89.9 Å². The summed E-state index contributed by atoms with van der Waals surface area (Å²) in [6.07, 6.45) is 33.8. The molecule has 0 amide bonds. The molecule has 0 radical (unpaired) electrons. The molecule has 0 heterocycles. The predicted molar refractivity (Wildman–Crippen MR) is 164 cm³/mol. The first-order chi connectivity index (χ1) is 19.1. The third-order valence-electron chi connectivity index (χ3n) is 7.00. The zero-order valence-corrected chi connectivity index (χ0v) is 25.6. The van der Waals surface area contributed by atoms with Gasteiger partial charge in [-0.15, -0.1) is 0 Å². The molecule has 1 atom stereocenters. The Kier molecular flexibility index (Phi) is 29.6. The van der Waals surface area contributed by atoms with Crippen LogP contribution in [0, 0.1) is 0 Å². The summed E-state index contributed by atoms with van der Waals surface area (Å²) in [7, 11) is 0. The molecule has 0 spiro atoms. The SMILES string of the molecule is CCCCC/C=C/C/C=C/CCCCCCCCCC(=O)OC[C@H](CO)OC(=O)CCCCCCCCCC. The van der Waals surface area contributed by atoms with E-state index in [0.29, 0.717) is 12.8 Å². The van der Waals surface area contributed by atoms with Gasteiger partial charge in [0.05, 0.1) is 6.61 Å². The Morgan fingerprint density at radius 2 is 1.03 bits per heavy atom. The minimum Gasteiger partial charge on any atom is -0.462 e. The van der Waals surface area contributed by atoms with Gasteiger partial charge in [-0.25, -0.2) is 0 Å². The molecule has 0 aliphatic carbocycles. The summed E-state index contributed by atoms with van der Waals surface area (Å²) in [5, 5.41) is 9.46. The van der Waals surface area contributed by atoms with Crippen LogP contribution in [0.4, 0.5) is 0 Å². The van der Waals surface area contributed by atoms with Crippen LogP contribution >= 0.6 is 0 Å². The Morgan fingerprint density at radius 1 is 0.590 bits per heavy atom. The van der Waals surface area contributed by atoms with Gasteiger partial charge >= 0.3 is 11.9 Å². The van der Waals surface area contributed by atoms with E-state index in [-0.39, 0.29) is 25.2 Å². The molecule has 0 aromatic carbocycles. The summed E-state index contributed by atoms with van der Waals surface area (Å²) < 4.78 is 10.5. The molecule has 0 aromatic heterocycles. The molecular weight excluding hydrogens is 488 g/mol. The van der Waals surface area contributed by atoms with Gasteiger partial charge < -0.3 is 14.6 Å². The highest BCUT2D eigenvalue weighted by Crippen LogP contribution is 2.12. The van der Waals surface area contributed by atoms with Crippen LogP contribution in [0.1, 0.15) is 162 Å². The van der Waals surface area contributed by atoms with E-state index in [0.717, 1.165) is 44.9 Å². The minimum absolute atomic E-state index is 0.0673. The normalized spacial score (nSPS) is 12.4. The smallest absolute Gasteiger partial charge is 0.306 e. The van der Waals surface area contributed by atoms with E-state index in [1.54, 1.807) is 0 Å². The van der Waals surface area contributed by atoms with E-state index in [1.807, 2.05) is 0 Å². The van der Waals surface area contributed by atoms with Gasteiger partial charge in [0.25, 0.3) is 0 Å². The van der Waals surface area contributed by atoms with Gasteiger partial charge in [0.15, 0.2) is 6.10 Å².